The molecule has 23 heavy (non-hydrogen) atoms. The maximum absolute atomic E-state index is 11.9. The Hall–Kier alpha value is -2.37. The van der Waals surface area contributed by atoms with E-state index < -0.39 is 17.9 Å². The fourth-order valence-corrected chi connectivity index (χ4v) is 2.24. The van der Waals surface area contributed by atoms with Gasteiger partial charge in [0.05, 0.1) is 12.7 Å². The number of esters is 1. The number of ether oxygens (including phenoxy) is 1. The highest BCUT2D eigenvalue weighted by molar-refractivity contribution is 5.93. The first-order valence-electron chi connectivity index (χ1n) is 7.52. The van der Waals surface area contributed by atoms with E-state index in [2.05, 4.69) is 10.1 Å². The first-order valence-corrected chi connectivity index (χ1v) is 7.52. The molecule has 0 unspecified atom stereocenters. The summed E-state index contributed by atoms with van der Waals surface area (Å²) >= 11 is 0. The smallest absolute Gasteiger partial charge is 0.337 e. The highest BCUT2D eigenvalue weighted by Crippen LogP contribution is 2.17. The second-order valence-electron chi connectivity index (χ2n) is 5.80. The van der Waals surface area contributed by atoms with Gasteiger partial charge in [0, 0.05) is 18.1 Å². The molecule has 1 aromatic rings. The fourth-order valence-electron chi connectivity index (χ4n) is 2.24. The summed E-state index contributed by atoms with van der Waals surface area (Å²) in [6.07, 6.45) is 0.833. The number of amides is 1. The van der Waals surface area contributed by atoms with Gasteiger partial charge in [-0.1, -0.05) is 13.8 Å². The first-order chi connectivity index (χ1) is 10.8. The number of rotatable bonds is 8. The minimum Gasteiger partial charge on any atom is -0.550 e. The average Bonchev–Trinajstić information content (AvgIpc) is 2.50. The molecule has 1 amide bonds. The van der Waals surface area contributed by atoms with Gasteiger partial charge >= 0.3 is 5.97 Å². The molecule has 6 heteroatoms. The van der Waals surface area contributed by atoms with Crippen molar-refractivity contribution < 1.29 is 24.2 Å². The molecule has 0 bridgehead atoms. The van der Waals surface area contributed by atoms with E-state index in [4.69, 9.17) is 0 Å². The number of hydrogen-bond donors (Lipinski definition) is 1. The van der Waals surface area contributed by atoms with E-state index in [0.29, 0.717) is 17.7 Å². The summed E-state index contributed by atoms with van der Waals surface area (Å²) in [6.45, 7) is 3.86. The summed E-state index contributed by atoms with van der Waals surface area (Å²) in [5.74, 6) is -2.23. The van der Waals surface area contributed by atoms with Gasteiger partial charge in [0.1, 0.15) is 0 Å². The number of anilines is 1. The van der Waals surface area contributed by atoms with Crippen molar-refractivity contribution >= 4 is 23.5 Å². The van der Waals surface area contributed by atoms with Gasteiger partial charge < -0.3 is 20.0 Å². The molecule has 1 aromatic carbocycles. The van der Waals surface area contributed by atoms with Crippen molar-refractivity contribution in [2.45, 2.75) is 33.1 Å². The van der Waals surface area contributed by atoms with E-state index in [1.54, 1.807) is 24.3 Å². The van der Waals surface area contributed by atoms with Crippen molar-refractivity contribution in [2.24, 2.45) is 11.8 Å². The monoisotopic (exact) mass is 320 g/mol. The second-order valence-corrected chi connectivity index (χ2v) is 5.80. The fraction of sp³-hybridized carbons (Fsp3) is 0.471. The van der Waals surface area contributed by atoms with Crippen LogP contribution in [-0.4, -0.2) is 25.0 Å². The van der Waals surface area contributed by atoms with Crippen LogP contribution >= 0.6 is 0 Å². The van der Waals surface area contributed by atoms with Gasteiger partial charge in [-0.2, -0.15) is 0 Å². The molecule has 1 rings (SSSR count). The molecule has 0 spiro atoms. The number of hydrogen-bond acceptors (Lipinski definition) is 5. The third-order valence-electron chi connectivity index (χ3n) is 3.40. The van der Waals surface area contributed by atoms with Crippen LogP contribution in [0.1, 0.15) is 43.5 Å². The predicted molar refractivity (Wildman–Crippen MR) is 83.6 cm³/mol. The van der Waals surface area contributed by atoms with Crippen LogP contribution in [0.5, 0.6) is 0 Å². The lowest BCUT2D eigenvalue weighted by molar-refractivity contribution is -0.312. The number of nitrogens with one attached hydrogen (secondary N) is 1. The Labute approximate surface area is 135 Å². The number of benzene rings is 1. The molecule has 1 atom stereocenters. The molecule has 126 valence electrons. The topological polar surface area (TPSA) is 95.5 Å². The maximum atomic E-state index is 11.9. The van der Waals surface area contributed by atoms with Gasteiger partial charge in [-0.05, 0) is 48.9 Å². The van der Waals surface area contributed by atoms with Crippen LogP contribution in [0.4, 0.5) is 5.69 Å². The Morgan fingerprint density at radius 1 is 1.17 bits per heavy atom. The first kappa shape index (κ1) is 18.7. The van der Waals surface area contributed by atoms with E-state index in [1.165, 1.54) is 7.11 Å². The number of methoxy groups -OCH3 is 1. The van der Waals surface area contributed by atoms with Crippen molar-refractivity contribution in [1.29, 1.82) is 0 Å². The molecule has 0 saturated heterocycles. The highest BCUT2D eigenvalue weighted by atomic mass is 16.5. The van der Waals surface area contributed by atoms with Crippen LogP contribution in [-0.2, 0) is 14.3 Å². The molecule has 6 nitrogen and oxygen atoms in total. The molecule has 0 aliphatic heterocycles. The lowest BCUT2D eigenvalue weighted by Crippen LogP contribution is -2.32. The third kappa shape index (κ3) is 6.50. The SMILES string of the molecule is COC(=O)c1ccc(NC(=O)CC[C@H](CC(C)C)C(=O)[O-])cc1. The third-order valence-corrected chi connectivity index (χ3v) is 3.40. The Morgan fingerprint density at radius 2 is 1.78 bits per heavy atom. The average molecular weight is 320 g/mol. The minimum atomic E-state index is -1.12. The normalized spacial score (nSPS) is 11.8. The zero-order valence-electron chi connectivity index (χ0n) is 13.6. The summed E-state index contributed by atoms with van der Waals surface area (Å²) in [5.41, 5.74) is 0.927. The Bertz CT molecular complexity index is 551. The quantitative estimate of drug-likeness (QED) is 0.734. The van der Waals surface area contributed by atoms with Crippen molar-refractivity contribution in [3.63, 3.8) is 0 Å². The highest BCUT2D eigenvalue weighted by Gasteiger charge is 2.14. The van der Waals surface area contributed by atoms with Crippen molar-refractivity contribution in [3.8, 4) is 0 Å². The van der Waals surface area contributed by atoms with Gasteiger partial charge in [0.15, 0.2) is 0 Å². The van der Waals surface area contributed by atoms with Crippen molar-refractivity contribution in [1.82, 2.24) is 0 Å². The van der Waals surface area contributed by atoms with Gasteiger partial charge in [0.2, 0.25) is 5.91 Å². The van der Waals surface area contributed by atoms with E-state index in [1.807, 2.05) is 13.8 Å². The molecule has 0 heterocycles. The zero-order valence-corrected chi connectivity index (χ0v) is 13.6. The van der Waals surface area contributed by atoms with Crippen LogP contribution in [0.3, 0.4) is 0 Å². The molecule has 1 N–H and O–H groups in total. The maximum Gasteiger partial charge on any atom is 0.337 e. The lowest BCUT2D eigenvalue weighted by atomic mass is 9.93. The van der Waals surface area contributed by atoms with E-state index in [-0.39, 0.29) is 24.7 Å². The van der Waals surface area contributed by atoms with E-state index in [9.17, 15) is 19.5 Å². The molecule has 0 fully saturated rings. The van der Waals surface area contributed by atoms with Gasteiger partial charge in [0.25, 0.3) is 0 Å². The number of carboxylic acid groups (broad SMARTS) is 1. The standard InChI is InChI=1S/C17H23NO5/c1-11(2)10-13(16(20)21)6-9-15(19)18-14-7-4-12(5-8-14)17(22)23-3/h4-5,7-8,11,13H,6,9-10H2,1-3H3,(H,18,19)(H,20,21)/p-1/t13-/m1/s1. The summed E-state index contributed by atoms with van der Waals surface area (Å²) < 4.78 is 4.59. The Morgan fingerprint density at radius 3 is 2.26 bits per heavy atom. The van der Waals surface area contributed by atoms with Crippen LogP contribution in [0, 0.1) is 11.8 Å². The van der Waals surface area contributed by atoms with E-state index >= 15 is 0 Å². The predicted octanol–water partition coefficient (Wildman–Crippen LogP) is 1.60. The summed E-state index contributed by atoms with van der Waals surface area (Å²) in [6, 6.07) is 6.28. The Kier molecular flexibility index (Phi) is 7.25. The second kappa shape index (κ2) is 8.92. The minimum absolute atomic E-state index is 0.101. The van der Waals surface area contributed by atoms with Crippen molar-refractivity contribution in [3.05, 3.63) is 29.8 Å². The van der Waals surface area contributed by atoms with Crippen molar-refractivity contribution in [2.75, 3.05) is 12.4 Å². The summed E-state index contributed by atoms with van der Waals surface area (Å²) in [5, 5.41) is 13.7. The van der Waals surface area contributed by atoms with Crippen LogP contribution in [0.25, 0.3) is 0 Å². The van der Waals surface area contributed by atoms with E-state index in [0.717, 1.165) is 0 Å². The molecule has 0 saturated carbocycles. The molecule has 0 aliphatic carbocycles. The molecular weight excluding hydrogens is 298 g/mol. The summed E-state index contributed by atoms with van der Waals surface area (Å²) in [4.78, 5) is 34.2. The molecule has 0 aromatic heterocycles. The number of carbonyl (C=O) groups is 3. The molecular formula is C17H22NO5-. The van der Waals surface area contributed by atoms with Crippen LogP contribution in [0.2, 0.25) is 0 Å². The van der Waals surface area contributed by atoms with Gasteiger partial charge in [-0.3, -0.25) is 4.79 Å². The number of carboxylic acids is 1. The number of aliphatic carboxylic acids is 1. The zero-order chi connectivity index (χ0) is 17.4. The molecule has 0 aliphatic rings. The van der Waals surface area contributed by atoms with Gasteiger partial charge in [-0.25, -0.2) is 4.79 Å². The number of carbonyl (C=O) groups excluding carboxylic acids is 3. The Balaban J connectivity index is 2.52. The molecule has 0 radical (unpaired) electrons. The van der Waals surface area contributed by atoms with Crippen LogP contribution in [0.15, 0.2) is 24.3 Å². The lowest BCUT2D eigenvalue weighted by Gasteiger charge is -2.19. The van der Waals surface area contributed by atoms with Crippen LogP contribution < -0.4 is 10.4 Å². The largest absolute Gasteiger partial charge is 0.550 e. The summed E-state index contributed by atoms with van der Waals surface area (Å²) in [7, 11) is 1.29. The van der Waals surface area contributed by atoms with Gasteiger partial charge in [-0.15, -0.1) is 0 Å².